The Hall–Kier alpha value is -2.42. The summed E-state index contributed by atoms with van der Waals surface area (Å²) in [5, 5.41) is -0.236. The highest BCUT2D eigenvalue weighted by Crippen LogP contribution is 2.25. The monoisotopic (exact) mass is 454 g/mol. The van der Waals surface area contributed by atoms with Crippen LogP contribution in [0.3, 0.4) is 0 Å². The number of halogens is 1. The predicted octanol–water partition coefficient (Wildman–Crippen LogP) is 4.11. The van der Waals surface area contributed by atoms with Crippen molar-refractivity contribution >= 4 is 26.7 Å². The molecule has 9 heteroatoms. The summed E-state index contributed by atoms with van der Waals surface area (Å²) >= 11 is 0. The maximum atomic E-state index is 14.4. The number of hydrogen-bond donors (Lipinski definition) is 1. The summed E-state index contributed by atoms with van der Waals surface area (Å²) < 4.78 is 46.1. The van der Waals surface area contributed by atoms with Crippen LogP contribution in [0.1, 0.15) is 47.5 Å². The number of nitrogens with zero attached hydrogens (tertiary/aromatic N) is 1. The Bertz CT molecular complexity index is 1090. The van der Waals surface area contributed by atoms with E-state index in [9.17, 15) is 22.4 Å². The molecule has 1 amide bonds. The quantitative estimate of drug-likeness (QED) is 0.647. The SMILES string of the molecule is CCCCN(CC(C)CS(=O)(=O)c1cccc2c(=O)[nH]cc(F)c12)C(=O)OC(C)(C)C. The Labute approximate surface area is 182 Å². The lowest BCUT2D eigenvalue weighted by Crippen LogP contribution is -2.40. The van der Waals surface area contributed by atoms with E-state index in [1.54, 1.807) is 27.7 Å². The van der Waals surface area contributed by atoms with Gasteiger partial charge in [-0.15, -0.1) is 0 Å². The highest BCUT2D eigenvalue weighted by molar-refractivity contribution is 7.91. The van der Waals surface area contributed by atoms with E-state index in [-0.39, 0.29) is 28.0 Å². The molecule has 7 nitrogen and oxygen atoms in total. The third-order valence-electron chi connectivity index (χ3n) is 4.64. The van der Waals surface area contributed by atoms with Crippen molar-refractivity contribution in [2.45, 2.75) is 58.0 Å². The number of sulfone groups is 1. The number of rotatable bonds is 8. The highest BCUT2D eigenvalue weighted by Gasteiger charge is 2.27. The smallest absolute Gasteiger partial charge is 0.410 e. The van der Waals surface area contributed by atoms with Gasteiger partial charge in [0.2, 0.25) is 0 Å². The lowest BCUT2D eigenvalue weighted by molar-refractivity contribution is 0.0226. The van der Waals surface area contributed by atoms with Crippen LogP contribution in [0.2, 0.25) is 0 Å². The fraction of sp³-hybridized carbons (Fsp3) is 0.545. The minimum atomic E-state index is -3.92. The van der Waals surface area contributed by atoms with E-state index in [0.29, 0.717) is 6.54 Å². The average molecular weight is 455 g/mol. The largest absolute Gasteiger partial charge is 0.444 e. The molecule has 0 fully saturated rings. The Kier molecular flexibility index (Phi) is 7.86. The Morgan fingerprint density at radius 1 is 1.29 bits per heavy atom. The van der Waals surface area contributed by atoms with Crippen LogP contribution in [0.15, 0.2) is 34.1 Å². The average Bonchev–Trinajstić information content (AvgIpc) is 2.65. The molecule has 31 heavy (non-hydrogen) atoms. The number of nitrogens with one attached hydrogen (secondary N) is 1. The topological polar surface area (TPSA) is 96.5 Å². The zero-order valence-corrected chi connectivity index (χ0v) is 19.5. The third kappa shape index (κ3) is 6.53. The number of aromatic nitrogens is 1. The molecule has 0 aliphatic rings. The molecule has 1 N–H and O–H groups in total. The second-order valence-electron chi connectivity index (χ2n) is 8.81. The van der Waals surface area contributed by atoms with Gasteiger partial charge < -0.3 is 14.6 Å². The van der Waals surface area contributed by atoms with E-state index >= 15 is 0 Å². The number of fused-ring (bicyclic) bond motifs is 1. The molecule has 0 saturated carbocycles. The second-order valence-corrected chi connectivity index (χ2v) is 10.8. The number of benzene rings is 1. The van der Waals surface area contributed by atoms with Crippen molar-refractivity contribution < 1.29 is 22.3 Å². The maximum Gasteiger partial charge on any atom is 0.410 e. The first-order valence-electron chi connectivity index (χ1n) is 10.4. The molecule has 0 saturated heterocycles. The first-order valence-corrected chi connectivity index (χ1v) is 12.0. The summed E-state index contributed by atoms with van der Waals surface area (Å²) in [5.41, 5.74) is -1.22. The molecule has 0 spiro atoms. The van der Waals surface area contributed by atoms with Crippen LogP contribution in [-0.2, 0) is 14.6 Å². The fourth-order valence-electron chi connectivity index (χ4n) is 3.33. The minimum Gasteiger partial charge on any atom is -0.444 e. The molecule has 1 aromatic carbocycles. The molecule has 1 aromatic heterocycles. The van der Waals surface area contributed by atoms with Crippen molar-refractivity contribution in [2.24, 2.45) is 5.92 Å². The molecule has 0 aliphatic carbocycles. The first kappa shape index (κ1) is 24.8. The van der Waals surface area contributed by atoms with Crippen molar-refractivity contribution in [2.75, 3.05) is 18.8 Å². The molecule has 1 heterocycles. The molecule has 0 radical (unpaired) electrons. The molecule has 1 unspecified atom stereocenters. The van der Waals surface area contributed by atoms with Gasteiger partial charge in [-0.2, -0.15) is 0 Å². The number of aromatic amines is 1. The predicted molar refractivity (Wildman–Crippen MR) is 118 cm³/mol. The number of H-pyrrole nitrogens is 1. The van der Waals surface area contributed by atoms with E-state index in [2.05, 4.69) is 4.98 Å². The van der Waals surface area contributed by atoms with Crippen LogP contribution in [0.4, 0.5) is 9.18 Å². The number of amides is 1. The van der Waals surface area contributed by atoms with Crippen LogP contribution in [0.25, 0.3) is 10.8 Å². The standard InChI is InChI=1S/C22H31FN2O5S/c1-6-7-11-25(21(27)30-22(3,4)5)13-15(2)14-31(28,29)18-10-8-9-16-19(18)17(23)12-24-20(16)26/h8-10,12,15H,6-7,11,13-14H2,1-5H3,(H,24,26). The number of hydrogen-bond acceptors (Lipinski definition) is 5. The molecule has 1 atom stereocenters. The number of unbranched alkanes of at least 4 members (excludes halogenated alkanes) is 1. The van der Waals surface area contributed by atoms with E-state index in [1.807, 2.05) is 6.92 Å². The second kappa shape index (κ2) is 9.80. The van der Waals surface area contributed by atoms with Crippen LogP contribution in [-0.4, -0.2) is 48.8 Å². The van der Waals surface area contributed by atoms with Gasteiger partial charge in [0.05, 0.1) is 16.0 Å². The Balaban J connectivity index is 2.28. The van der Waals surface area contributed by atoms with Gasteiger partial charge in [0, 0.05) is 24.7 Å². The number of pyridine rings is 1. The molecule has 2 rings (SSSR count). The van der Waals surface area contributed by atoms with Gasteiger partial charge in [0.25, 0.3) is 5.56 Å². The zero-order valence-electron chi connectivity index (χ0n) is 18.7. The van der Waals surface area contributed by atoms with Crippen molar-refractivity contribution in [3.8, 4) is 0 Å². The number of ether oxygens (including phenoxy) is 1. The zero-order chi connectivity index (χ0) is 23.4. The van der Waals surface area contributed by atoms with Crippen LogP contribution >= 0.6 is 0 Å². The Morgan fingerprint density at radius 3 is 2.58 bits per heavy atom. The molecule has 0 bridgehead atoms. The summed E-state index contributed by atoms with van der Waals surface area (Å²) in [5.74, 6) is -1.54. The molecule has 0 aliphatic heterocycles. The van der Waals surface area contributed by atoms with Crippen LogP contribution in [0.5, 0.6) is 0 Å². The van der Waals surface area contributed by atoms with Crippen LogP contribution in [0, 0.1) is 11.7 Å². The normalized spacial score (nSPS) is 13.2. The first-order chi connectivity index (χ1) is 14.4. The molecular weight excluding hydrogens is 423 g/mol. The van der Waals surface area contributed by atoms with Crippen molar-refractivity contribution in [1.82, 2.24) is 9.88 Å². The summed E-state index contributed by atoms with van der Waals surface area (Å²) in [6, 6.07) is 4.10. The van der Waals surface area contributed by atoms with Gasteiger partial charge in [0.15, 0.2) is 9.84 Å². The van der Waals surface area contributed by atoms with Crippen molar-refractivity contribution in [3.05, 3.63) is 40.6 Å². The van der Waals surface area contributed by atoms with Gasteiger partial charge in [-0.1, -0.05) is 26.3 Å². The van der Waals surface area contributed by atoms with Crippen LogP contribution < -0.4 is 5.56 Å². The lowest BCUT2D eigenvalue weighted by Gasteiger charge is -2.29. The summed E-state index contributed by atoms with van der Waals surface area (Å²) in [6.07, 6.45) is 2.00. The Morgan fingerprint density at radius 2 is 1.97 bits per heavy atom. The van der Waals surface area contributed by atoms with Gasteiger partial charge in [-0.05, 0) is 45.2 Å². The van der Waals surface area contributed by atoms with E-state index < -0.39 is 38.8 Å². The van der Waals surface area contributed by atoms with Crippen molar-refractivity contribution in [3.63, 3.8) is 0 Å². The molecule has 2 aromatic rings. The maximum absolute atomic E-state index is 14.4. The summed E-state index contributed by atoms with van der Waals surface area (Å²) in [7, 11) is -3.92. The van der Waals surface area contributed by atoms with Gasteiger partial charge in [-0.25, -0.2) is 17.6 Å². The lowest BCUT2D eigenvalue weighted by atomic mass is 10.2. The van der Waals surface area contributed by atoms with Crippen molar-refractivity contribution in [1.29, 1.82) is 0 Å². The summed E-state index contributed by atoms with van der Waals surface area (Å²) in [6.45, 7) is 9.66. The minimum absolute atomic E-state index is 0.0212. The van der Waals surface area contributed by atoms with E-state index in [1.165, 1.54) is 23.1 Å². The highest BCUT2D eigenvalue weighted by atomic mass is 32.2. The van der Waals surface area contributed by atoms with Gasteiger partial charge in [0.1, 0.15) is 11.4 Å². The summed E-state index contributed by atoms with van der Waals surface area (Å²) in [4.78, 5) is 28.1. The van der Waals surface area contributed by atoms with Gasteiger partial charge in [-0.3, -0.25) is 4.79 Å². The molecule has 172 valence electrons. The van der Waals surface area contributed by atoms with E-state index in [4.69, 9.17) is 4.74 Å². The number of carbonyl (C=O) groups excluding carboxylic acids is 1. The number of carbonyl (C=O) groups is 1. The van der Waals surface area contributed by atoms with Gasteiger partial charge >= 0.3 is 6.09 Å². The molecular formula is C22H31FN2O5S. The fourth-order valence-corrected chi connectivity index (χ4v) is 5.17. The third-order valence-corrected chi connectivity index (χ3v) is 6.66. The van der Waals surface area contributed by atoms with E-state index in [0.717, 1.165) is 19.0 Å².